The van der Waals surface area contributed by atoms with Gasteiger partial charge in [-0.05, 0) is 36.4 Å². The molecule has 0 spiro atoms. The molecule has 5 aromatic heterocycles. The highest BCUT2D eigenvalue weighted by Crippen LogP contribution is 2.43. The first-order valence-electron chi connectivity index (χ1n) is 17.8. The fourth-order valence-corrected chi connectivity index (χ4v) is 10.2. The van der Waals surface area contributed by atoms with Gasteiger partial charge in [0.2, 0.25) is 5.95 Å². The molecule has 0 aliphatic rings. The van der Waals surface area contributed by atoms with Crippen LogP contribution in [0.25, 0.3) is 108 Å². The van der Waals surface area contributed by atoms with Gasteiger partial charge in [-0.15, -0.1) is 11.3 Å². The Bertz CT molecular complexity index is 3430. The van der Waals surface area contributed by atoms with Crippen LogP contribution >= 0.6 is 22.7 Å². The molecule has 0 saturated heterocycles. The van der Waals surface area contributed by atoms with Crippen molar-refractivity contribution in [1.82, 2.24) is 29.1 Å². The number of rotatable bonds is 4. The maximum absolute atomic E-state index is 5.35. The Labute approximate surface area is 315 Å². The normalized spacial score (nSPS) is 12.1. The number of thiophene rings is 1. The maximum atomic E-state index is 5.35. The van der Waals surface area contributed by atoms with Crippen molar-refractivity contribution in [2.24, 2.45) is 0 Å². The second-order valence-electron chi connectivity index (χ2n) is 13.5. The Hall–Kier alpha value is -6.74. The first-order valence-corrected chi connectivity index (χ1v) is 19.4. The molecule has 54 heavy (non-hydrogen) atoms. The molecule has 12 rings (SSSR count). The molecule has 6 nitrogen and oxygen atoms in total. The minimum Gasteiger partial charge on any atom is -0.283 e. The largest absolute Gasteiger partial charge is 0.283 e. The molecule has 0 atom stereocenters. The smallest absolute Gasteiger partial charge is 0.238 e. The summed E-state index contributed by atoms with van der Waals surface area (Å²) in [6, 6.07) is 55.4. The van der Waals surface area contributed by atoms with Gasteiger partial charge < -0.3 is 0 Å². The summed E-state index contributed by atoms with van der Waals surface area (Å²) in [7, 11) is 0. The zero-order valence-electron chi connectivity index (χ0n) is 28.5. The van der Waals surface area contributed by atoms with Crippen LogP contribution in [0, 0.1) is 0 Å². The number of nitrogens with zero attached hydrogens (tertiary/aromatic N) is 6. The van der Waals surface area contributed by atoms with E-state index in [0.717, 1.165) is 64.7 Å². The lowest BCUT2D eigenvalue weighted by molar-refractivity contribution is 0.953. The van der Waals surface area contributed by atoms with E-state index in [1.54, 1.807) is 22.7 Å². The lowest BCUT2D eigenvalue weighted by Gasteiger charge is -2.12. The predicted molar refractivity (Wildman–Crippen MR) is 225 cm³/mol. The molecule has 0 amide bonds. The van der Waals surface area contributed by atoms with Crippen molar-refractivity contribution in [3.8, 4) is 33.9 Å². The Morgan fingerprint density at radius 2 is 0.944 bits per heavy atom. The fourth-order valence-electron chi connectivity index (χ4n) is 8.04. The summed E-state index contributed by atoms with van der Waals surface area (Å²) in [6.07, 6.45) is 0. The number of hydrogen-bond donors (Lipinski definition) is 0. The molecule has 12 aromatic rings. The monoisotopic (exact) mass is 726 g/mol. The van der Waals surface area contributed by atoms with Crippen LogP contribution in [-0.2, 0) is 0 Å². The van der Waals surface area contributed by atoms with Gasteiger partial charge in [-0.25, -0.2) is 9.97 Å². The summed E-state index contributed by atoms with van der Waals surface area (Å²) in [4.78, 5) is 21.0. The van der Waals surface area contributed by atoms with Crippen molar-refractivity contribution in [2.75, 3.05) is 0 Å². The van der Waals surface area contributed by atoms with E-state index in [1.807, 2.05) is 18.2 Å². The molecule has 252 valence electrons. The minimum absolute atomic E-state index is 0.565. The van der Waals surface area contributed by atoms with Gasteiger partial charge in [0.25, 0.3) is 0 Å². The number of thiazole rings is 1. The minimum atomic E-state index is 0.565. The van der Waals surface area contributed by atoms with Gasteiger partial charge in [0.15, 0.2) is 16.8 Å². The van der Waals surface area contributed by atoms with E-state index in [1.165, 1.54) is 25.6 Å². The van der Waals surface area contributed by atoms with E-state index in [-0.39, 0.29) is 0 Å². The third-order valence-electron chi connectivity index (χ3n) is 10.4. The van der Waals surface area contributed by atoms with E-state index >= 15 is 0 Å². The lowest BCUT2D eigenvalue weighted by atomic mass is 10.1. The molecule has 0 aliphatic carbocycles. The van der Waals surface area contributed by atoms with Gasteiger partial charge in [-0.3, -0.25) is 9.13 Å². The van der Waals surface area contributed by atoms with Crippen molar-refractivity contribution in [3.63, 3.8) is 0 Å². The second kappa shape index (κ2) is 11.4. The number of aromatic nitrogens is 6. The van der Waals surface area contributed by atoms with Gasteiger partial charge in [0.1, 0.15) is 0 Å². The van der Waals surface area contributed by atoms with Gasteiger partial charge >= 0.3 is 0 Å². The van der Waals surface area contributed by atoms with Gasteiger partial charge in [0.05, 0.1) is 32.3 Å². The van der Waals surface area contributed by atoms with Crippen molar-refractivity contribution in [2.45, 2.75) is 0 Å². The van der Waals surface area contributed by atoms with Crippen molar-refractivity contribution in [1.29, 1.82) is 0 Å². The van der Waals surface area contributed by atoms with E-state index in [9.17, 15) is 0 Å². The molecular formula is C46H26N6S2. The quantitative estimate of drug-likeness (QED) is 0.181. The van der Waals surface area contributed by atoms with Crippen LogP contribution in [0.5, 0.6) is 0 Å². The summed E-state index contributed by atoms with van der Waals surface area (Å²) in [6.45, 7) is 0. The van der Waals surface area contributed by atoms with Crippen LogP contribution in [0.4, 0.5) is 0 Å². The molecule has 0 radical (unpaired) electrons. The summed E-state index contributed by atoms with van der Waals surface area (Å²) in [5.74, 6) is 1.81. The molecule has 7 aromatic carbocycles. The number of hydrogen-bond acceptors (Lipinski definition) is 6. The molecule has 0 saturated carbocycles. The molecule has 0 bridgehead atoms. The van der Waals surface area contributed by atoms with Crippen LogP contribution in [0.1, 0.15) is 0 Å². The highest BCUT2D eigenvalue weighted by molar-refractivity contribution is 7.25. The Morgan fingerprint density at radius 3 is 1.70 bits per heavy atom. The Morgan fingerprint density at radius 1 is 0.370 bits per heavy atom. The maximum Gasteiger partial charge on any atom is 0.238 e. The summed E-state index contributed by atoms with van der Waals surface area (Å²) in [5.41, 5.74) is 7.09. The second-order valence-corrected chi connectivity index (χ2v) is 15.6. The van der Waals surface area contributed by atoms with Crippen molar-refractivity contribution in [3.05, 3.63) is 158 Å². The third kappa shape index (κ3) is 4.32. The third-order valence-corrected chi connectivity index (χ3v) is 12.6. The van der Waals surface area contributed by atoms with Crippen LogP contribution < -0.4 is 0 Å². The molecular weight excluding hydrogens is 701 g/mol. The van der Waals surface area contributed by atoms with Gasteiger partial charge in [-0.1, -0.05) is 133 Å². The SMILES string of the molecule is c1ccc(-c2nc(-c3ccc4c(c3)sc3ccccc34)nc(-n3c4ccccc4c4ccc5c6ccccc6n(-c6nc7ccccc7s6)c5c43)n2)cc1. The lowest BCUT2D eigenvalue weighted by Crippen LogP contribution is -2.07. The first-order chi connectivity index (χ1) is 26.8. The Balaban J connectivity index is 1.21. The van der Waals surface area contributed by atoms with Crippen LogP contribution in [0.15, 0.2) is 158 Å². The van der Waals surface area contributed by atoms with E-state index in [2.05, 4.69) is 149 Å². The highest BCUT2D eigenvalue weighted by Gasteiger charge is 2.24. The summed E-state index contributed by atoms with van der Waals surface area (Å²) < 4.78 is 8.20. The molecule has 0 unspecified atom stereocenters. The predicted octanol–water partition coefficient (Wildman–Crippen LogP) is 12.4. The van der Waals surface area contributed by atoms with Crippen LogP contribution in [0.3, 0.4) is 0 Å². The van der Waals surface area contributed by atoms with E-state index in [0.29, 0.717) is 17.6 Å². The van der Waals surface area contributed by atoms with Gasteiger partial charge in [-0.2, -0.15) is 9.97 Å². The molecule has 5 heterocycles. The fraction of sp³-hybridized carbons (Fsp3) is 0. The zero-order valence-corrected chi connectivity index (χ0v) is 30.1. The molecule has 0 fully saturated rings. The molecule has 8 heteroatoms. The Kier molecular flexibility index (Phi) is 6.28. The standard InChI is InChI=1S/C46H26N6S2/c1-2-12-27(13-3-1)43-48-44(28-22-23-32-31-16-6-10-20-38(31)53-40(32)26-28)50-45(49-43)51-36-18-8-4-14-29(36)33-24-25-34-30-15-5-9-19-37(30)52(42(34)41(33)51)46-47-35-17-7-11-21-39(35)54-46/h1-26H. The topological polar surface area (TPSA) is 61.4 Å². The average Bonchev–Trinajstić information content (AvgIpc) is 3.99. The number of fused-ring (bicyclic) bond motifs is 11. The number of para-hydroxylation sites is 3. The number of benzene rings is 7. The van der Waals surface area contributed by atoms with Crippen LogP contribution in [-0.4, -0.2) is 29.1 Å². The highest BCUT2D eigenvalue weighted by atomic mass is 32.1. The first kappa shape index (κ1) is 29.8. The average molecular weight is 727 g/mol. The zero-order chi connectivity index (χ0) is 35.3. The van der Waals surface area contributed by atoms with Gasteiger partial charge in [0, 0.05) is 52.8 Å². The van der Waals surface area contributed by atoms with E-state index in [4.69, 9.17) is 19.9 Å². The molecule has 0 N–H and O–H groups in total. The van der Waals surface area contributed by atoms with E-state index < -0.39 is 0 Å². The van der Waals surface area contributed by atoms with Crippen molar-refractivity contribution >= 4 is 96.7 Å². The molecule has 0 aliphatic heterocycles. The summed E-state index contributed by atoms with van der Waals surface area (Å²) >= 11 is 3.50. The van der Waals surface area contributed by atoms with Crippen molar-refractivity contribution < 1.29 is 0 Å². The van der Waals surface area contributed by atoms with Crippen LogP contribution in [0.2, 0.25) is 0 Å². The summed E-state index contributed by atoms with van der Waals surface area (Å²) in [5, 5.41) is 8.00.